The van der Waals surface area contributed by atoms with E-state index >= 15 is 0 Å². The second-order valence-electron chi connectivity index (χ2n) is 4.77. The summed E-state index contributed by atoms with van der Waals surface area (Å²) in [5.74, 6) is 0.00521. The second-order valence-corrected chi connectivity index (χ2v) is 6.42. The Hall–Kier alpha value is -1.00. The standard InChI is InChI=1S/C14H22N2OS/c1-10(2)18-13-6-4-12(5-7-13)9-16-14(17)8-11(3)15/h4-7,10-11H,8-9,15H2,1-3H3,(H,16,17). The summed E-state index contributed by atoms with van der Waals surface area (Å²) < 4.78 is 0. The molecule has 18 heavy (non-hydrogen) atoms. The highest BCUT2D eigenvalue weighted by atomic mass is 32.2. The van der Waals surface area contributed by atoms with Gasteiger partial charge in [-0.15, -0.1) is 11.8 Å². The predicted octanol–water partition coefficient (Wildman–Crippen LogP) is 2.54. The van der Waals surface area contributed by atoms with Crippen LogP contribution in [0.4, 0.5) is 0 Å². The molecule has 0 aliphatic carbocycles. The Bertz CT molecular complexity index is 374. The summed E-state index contributed by atoms with van der Waals surface area (Å²) in [4.78, 5) is 12.7. The first-order valence-electron chi connectivity index (χ1n) is 6.25. The van der Waals surface area contributed by atoms with Gasteiger partial charge in [0.1, 0.15) is 0 Å². The van der Waals surface area contributed by atoms with E-state index in [1.165, 1.54) is 4.90 Å². The van der Waals surface area contributed by atoms with Crippen molar-refractivity contribution >= 4 is 17.7 Å². The number of amides is 1. The highest BCUT2D eigenvalue weighted by Gasteiger charge is 2.04. The molecule has 0 fully saturated rings. The minimum atomic E-state index is -0.0881. The molecule has 1 rings (SSSR count). The van der Waals surface area contributed by atoms with Crippen molar-refractivity contribution in [1.29, 1.82) is 0 Å². The van der Waals surface area contributed by atoms with Crippen molar-refractivity contribution < 1.29 is 4.79 Å². The van der Waals surface area contributed by atoms with Gasteiger partial charge in [-0.25, -0.2) is 0 Å². The summed E-state index contributed by atoms with van der Waals surface area (Å²) in [6.45, 7) is 6.75. The predicted molar refractivity (Wildman–Crippen MR) is 77.5 cm³/mol. The van der Waals surface area contributed by atoms with Crippen LogP contribution in [0.1, 0.15) is 32.8 Å². The van der Waals surface area contributed by atoms with Crippen molar-refractivity contribution in [3.8, 4) is 0 Å². The third-order valence-electron chi connectivity index (χ3n) is 2.29. The SMILES string of the molecule is CC(N)CC(=O)NCc1ccc(SC(C)C)cc1. The molecular formula is C14H22N2OS. The molecule has 4 heteroatoms. The van der Waals surface area contributed by atoms with Crippen LogP contribution in [0.25, 0.3) is 0 Å². The molecule has 1 aromatic rings. The highest BCUT2D eigenvalue weighted by molar-refractivity contribution is 7.99. The Morgan fingerprint density at radius 2 is 1.89 bits per heavy atom. The quantitative estimate of drug-likeness (QED) is 0.778. The second kappa shape index (κ2) is 7.44. The lowest BCUT2D eigenvalue weighted by molar-refractivity contribution is -0.121. The molecule has 0 aliphatic heterocycles. The van der Waals surface area contributed by atoms with Crippen LogP contribution in [0, 0.1) is 0 Å². The maximum absolute atomic E-state index is 11.4. The zero-order chi connectivity index (χ0) is 13.5. The van der Waals surface area contributed by atoms with Gasteiger partial charge in [0.2, 0.25) is 5.91 Å². The van der Waals surface area contributed by atoms with Gasteiger partial charge in [0.05, 0.1) is 0 Å². The van der Waals surface area contributed by atoms with Crippen LogP contribution in [0.5, 0.6) is 0 Å². The van der Waals surface area contributed by atoms with E-state index in [2.05, 4.69) is 43.4 Å². The van der Waals surface area contributed by atoms with E-state index in [0.29, 0.717) is 18.2 Å². The molecule has 1 atom stereocenters. The van der Waals surface area contributed by atoms with Crippen LogP contribution in [-0.2, 0) is 11.3 Å². The van der Waals surface area contributed by atoms with E-state index < -0.39 is 0 Å². The lowest BCUT2D eigenvalue weighted by Gasteiger charge is -2.08. The van der Waals surface area contributed by atoms with Crippen molar-refractivity contribution in [3.05, 3.63) is 29.8 Å². The van der Waals surface area contributed by atoms with Crippen LogP contribution in [0.3, 0.4) is 0 Å². The van der Waals surface area contributed by atoms with Crippen molar-refractivity contribution in [2.24, 2.45) is 5.73 Å². The molecule has 0 aromatic heterocycles. The molecule has 0 saturated heterocycles. The zero-order valence-corrected chi connectivity index (χ0v) is 12.1. The Labute approximate surface area is 114 Å². The molecule has 0 bridgehead atoms. The molecule has 1 aromatic carbocycles. The van der Waals surface area contributed by atoms with E-state index in [0.717, 1.165) is 5.56 Å². The van der Waals surface area contributed by atoms with Gasteiger partial charge in [0.15, 0.2) is 0 Å². The number of carbonyl (C=O) groups excluding carboxylic acids is 1. The van der Waals surface area contributed by atoms with E-state index in [1.54, 1.807) is 0 Å². The molecule has 0 heterocycles. The van der Waals surface area contributed by atoms with Crippen molar-refractivity contribution in [2.75, 3.05) is 0 Å². The third-order valence-corrected chi connectivity index (χ3v) is 3.31. The number of rotatable bonds is 6. The van der Waals surface area contributed by atoms with E-state index in [1.807, 2.05) is 18.7 Å². The van der Waals surface area contributed by atoms with Crippen LogP contribution in [0.2, 0.25) is 0 Å². The Kier molecular flexibility index (Phi) is 6.22. The number of hydrogen-bond donors (Lipinski definition) is 2. The average Bonchev–Trinajstić information content (AvgIpc) is 2.26. The van der Waals surface area contributed by atoms with Gasteiger partial charge in [-0.3, -0.25) is 4.79 Å². The first-order chi connectivity index (χ1) is 8.47. The molecule has 1 amide bonds. The monoisotopic (exact) mass is 266 g/mol. The lowest BCUT2D eigenvalue weighted by Crippen LogP contribution is -2.29. The number of hydrogen-bond acceptors (Lipinski definition) is 3. The summed E-state index contributed by atoms with van der Waals surface area (Å²) in [7, 11) is 0. The zero-order valence-electron chi connectivity index (χ0n) is 11.3. The summed E-state index contributed by atoms with van der Waals surface area (Å²) in [5.41, 5.74) is 6.68. The van der Waals surface area contributed by atoms with E-state index in [4.69, 9.17) is 5.73 Å². The van der Waals surface area contributed by atoms with Crippen molar-refractivity contribution in [2.45, 2.75) is 49.9 Å². The minimum Gasteiger partial charge on any atom is -0.352 e. The molecule has 0 saturated carbocycles. The van der Waals surface area contributed by atoms with Gasteiger partial charge >= 0.3 is 0 Å². The fourth-order valence-corrected chi connectivity index (χ4v) is 2.36. The van der Waals surface area contributed by atoms with E-state index in [9.17, 15) is 4.79 Å². The molecule has 3 N–H and O–H groups in total. The smallest absolute Gasteiger partial charge is 0.221 e. The first kappa shape index (κ1) is 15.1. The summed E-state index contributed by atoms with van der Waals surface area (Å²) in [6, 6.07) is 8.21. The largest absolute Gasteiger partial charge is 0.352 e. The molecule has 0 spiro atoms. The fraction of sp³-hybridized carbons (Fsp3) is 0.500. The Morgan fingerprint density at radius 1 is 1.28 bits per heavy atom. The number of benzene rings is 1. The number of carbonyl (C=O) groups is 1. The van der Waals surface area contributed by atoms with Crippen LogP contribution in [0.15, 0.2) is 29.2 Å². The summed E-state index contributed by atoms with van der Waals surface area (Å²) in [6.07, 6.45) is 0.376. The van der Waals surface area contributed by atoms with Gasteiger partial charge in [-0.1, -0.05) is 26.0 Å². The van der Waals surface area contributed by atoms with E-state index in [-0.39, 0.29) is 11.9 Å². The molecule has 3 nitrogen and oxygen atoms in total. The maximum Gasteiger partial charge on any atom is 0.221 e. The van der Waals surface area contributed by atoms with Crippen LogP contribution < -0.4 is 11.1 Å². The Morgan fingerprint density at radius 3 is 2.39 bits per heavy atom. The third kappa shape index (κ3) is 6.07. The minimum absolute atomic E-state index is 0.00521. The number of nitrogens with two attached hydrogens (primary N) is 1. The Balaban J connectivity index is 2.41. The topological polar surface area (TPSA) is 55.1 Å². The van der Waals surface area contributed by atoms with Crippen molar-refractivity contribution in [1.82, 2.24) is 5.32 Å². The van der Waals surface area contributed by atoms with Gasteiger partial charge in [0, 0.05) is 29.2 Å². The van der Waals surface area contributed by atoms with Crippen molar-refractivity contribution in [3.63, 3.8) is 0 Å². The molecule has 0 radical (unpaired) electrons. The molecule has 1 unspecified atom stereocenters. The number of nitrogens with one attached hydrogen (secondary N) is 1. The fourth-order valence-electron chi connectivity index (χ4n) is 1.52. The van der Waals surface area contributed by atoms with Gasteiger partial charge < -0.3 is 11.1 Å². The van der Waals surface area contributed by atoms with Crippen LogP contribution in [-0.4, -0.2) is 17.2 Å². The summed E-state index contributed by atoms with van der Waals surface area (Å²) in [5, 5.41) is 3.45. The maximum atomic E-state index is 11.4. The van der Waals surface area contributed by atoms with Gasteiger partial charge in [-0.05, 0) is 24.6 Å². The normalized spacial score (nSPS) is 12.5. The summed E-state index contributed by atoms with van der Waals surface area (Å²) >= 11 is 1.84. The van der Waals surface area contributed by atoms with Crippen LogP contribution >= 0.6 is 11.8 Å². The molecule has 100 valence electrons. The molecule has 0 aliphatic rings. The lowest BCUT2D eigenvalue weighted by atomic mass is 10.2. The first-order valence-corrected chi connectivity index (χ1v) is 7.13. The highest BCUT2D eigenvalue weighted by Crippen LogP contribution is 2.22. The van der Waals surface area contributed by atoms with Gasteiger partial charge in [-0.2, -0.15) is 0 Å². The molecular weight excluding hydrogens is 244 g/mol. The number of thioether (sulfide) groups is 1. The average molecular weight is 266 g/mol. The van der Waals surface area contributed by atoms with Gasteiger partial charge in [0.25, 0.3) is 0 Å².